The molecule has 1 atom stereocenters. The molecule has 2 aliphatic rings. The van der Waals surface area contributed by atoms with E-state index in [-0.39, 0.29) is 23.1 Å². The van der Waals surface area contributed by atoms with Gasteiger partial charge in [-0.2, -0.15) is 0 Å². The van der Waals surface area contributed by atoms with Gasteiger partial charge in [-0.05, 0) is 18.6 Å². The van der Waals surface area contributed by atoms with Crippen molar-refractivity contribution < 1.29 is 14.7 Å². The fraction of sp³-hybridized carbons (Fsp3) is 0.312. The SMILES string of the molecule is Cn1cnc(NC(=O)N2c3nc(C(=O)O)ccc3N3CC[C@H]2C3)cc1=O. The fourth-order valence-electron chi connectivity index (χ4n) is 3.29. The van der Waals surface area contributed by atoms with Crippen molar-refractivity contribution in [1.29, 1.82) is 0 Å². The third-order valence-electron chi connectivity index (χ3n) is 4.60. The van der Waals surface area contributed by atoms with Gasteiger partial charge in [-0.3, -0.25) is 15.0 Å². The number of fused-ring (bicyclic) bond motifs is 4. The Morgan fingerprint density at radius 3 is 2.88 bits per heavy atom. The van der Waals surface area contributed by atoms with Crippen LogP contribution in [0.5, 0.6) is 0 Å². The second-order valence-electron chi connectivity index (χ2n) is 6.26. The smallest absolute Gasteiger partial charge is 0.354 e. The van der Waals surface area contributed by atoms with Gasteiger partial charge >= 0.3 is 12.0 Å². The molecule has 0 aromatic carbocycles. The summed E-state index contributed by atoms with van der Waals surface area (Å²) in [6, 6.07) is 3.71. The Balaban J connectivity index is 1.70. The Labute approximate surface area is 147 Å². The van der Waals surface area contributed by atoms with Gasteiger partial charge in [0.2, 0.25) is 0 Å². The summed E-state index contributed by atoms with van der Waals surface area (Å²) in [6.07, 6.45) is 2.07. The Hall–Kier alpha value is -3.43. The molecule has 4 heterocycles. The fourth-order valence-corrected chi connectivity index (χ4v) is 3.29. The molecule has 2 aliphatic heterocycles. The number of carboxylic acid groups (broad SMARTS) is 1. The Bertz CT molecular complexity index is 971. The van der Waals surface area contributed by atoms with Gasteiger partial charge in [0.25, 0.3) is 5.56 Å². The normalized spacial score (nSPS) is 17.8. The summed E-state index contributed by atoms with van der Waals surface area (Å²) in [4.78, 5) is 47.6. The van der Waals surface area contributed by atoms with E-state index >= 15 is 0 Å². The van der Waals surface area contributed by atoms with Gasteiger partial charge in [-0.1, -0.05) is 0 Å². The molecule has 1 saturated heterocycles. The Morgan fingerprint density at radius 2 is 2.15 bits per heavy atom. The molecule has 2 amide bonds. The lowest BCUT2D eigenvalue weighted by Gasteiger charge is -2.35. The first-order chi connectivity index (χ1) is 12.4. The maximum Gasteiger partial charge on any atom is 0.354 e. The average molecular weight is 356 g/mol. The lowest BCUT2D eigenvalue weighted by atomic mass is 10.2. The number of nitrogens with one attached hydrogen (secondary N) is 1. The van der Waals surface area contributed by atoms with Crippen LogP contribution in [0.2, 0.25) is 0 Å². The standard InChI is InChI=1S/C16H16N6O4/c1-20-8-17-12(6-13(20)23)19-16(26)22-9-4-5-21(7-9)11-3-2-10(15(24)25)18-14(11)22/h2-3,6,8-9H,4-5,7H2,1H3,(H,19,26)(H,24,25)/t9-/m0/s1. The van der Waals surface area contributed by atoms with E-state index in [1.807, 2.05) is 0 Å². The van der Waals surface area contributed by atoms with Crippen LogP contribution < -0.4 is 20.7 Å². The summed E-state index contributed by atoms with van der Waals surface area (Å²) in [5.74, 6) is -0.719. The third-order valence-corrected chi connectivity index (χ3v) is 4.60. The minimum absolute atomic E-state index is 0.120. The van der Waals surface area contributed by atoms with Crippen LogP contribution in [0.3, 0.4) is 0 Å². The van der Waals surface area contributed by atoms with E-state index in [0.29, 0.717) is 12.4 Å². The summed E-state index contributed by atoms with van der Waals surface area (Å²) in [6.45, 7) is 1.41. The summed E-state index contributed by atoms with van der Waals surface area (Å²) >= 11 is 0. The quantitative estimate of drug-likeness (QED) is 0.804. The number of rotatable bonds is 2. The van der Waals surface area contributed by atoms with Crippen molar-refractivity contribution >= 4 is 29.3 Å². The number of anilines is 3. The molecular formula is C16H16N6O4. The summed E-state index contributed by atoms with van der Waals surface area (Å²) in [7, 11) is 1.56. The van der Waals surface area contributed by atoms with Gasteiger partial charge in [0.1, 0.15) is 5.82 Å². The number of aromatic carboxylic acids is 1. The lowest BCUT2D eigenvalue weighted by molar-refractivity contribution is 0.0690. The molecule has 10 heteroatoms. The minimum Gasteiger partial charge on any atom is -0.477 e. The van der Waals surface area contributed by atoms with E-state index in [4.69, 9.17) is 0 Å². The first-order valence-electron chi connectivity index (χ1n) is 8.06. The summed E-state index contributed by atoms with van der Waals surface area (Å²) in [5, 5.41) is 11.8. The molecule has 2 aromatic heterocycles. The van der Waals surface area contributed by atoms with Gasteiger partial charge in [0.15, 0.2) is 11.5 Å². The molecule has 2 aromatic rings. The highest BCUT2D eigenvalue weighted by Gasteiger charge is 2.40. The number of carboxylic acids is 1. The first kappa shape index (κ1) is 16.1. The number of hydrogen-bond donors (Lipinski definition) is 2. The zero-order valence-electron chi connectivity index (χ0n) is 13.9. The van der Waals surface area contributed by atoms with Crippen LogP contribution in [0.1, 0.15) is 16.9 Å². The van der Waals surface area contributed by atoms with Crippen LogP contribution in [-0.4, -0.2) is 50.8 Å². The number of nitrogens with zero attached hydrogens (tertiary/aromatic N) is 5. The van der Waals surface area contributed by atoms with E-state index in [1.165, 1.54) is 27.9 Å². The predicted molar refractivity (Wildman–Crippen MR) is 92.8 cm³/mol. The van der Waals surface area contributed by atoms with Crippen molar-refractivity contribution in [2.24, 2.45) is 7.05 Å². The molecule has 0 unspecified atom stereocenters. The molecule has 10 nitrogen and oxygen atoms in total. The number of amides is 2. The number of aromatic nitrogens is 3. The minimum atomic E-state index is -1.16. The lowest BCUT2D eigenvalue weighted by Crippen LogP contribution is -2.48. The van der Waals surface area contributed by atoms with Crippen LogP contribution in [0.4, 0.5) is 22.1 Å². The van der Waals surface area contributed by atoms with E-state index < -0.39 is 12.0 Å². The number of carbonyl (C=O) groups excluding carboxylic acids is 1. The van der Waals surface area contributed by atoms with E-state index in [1.54, 1.807) is 13.1 Å². The third kappa shape index (κ3) is 2.55. The van der Waals surface area contributed by atoms with Gasteiger partial charge in [-0.15, -0.1) is 0 Å². The van der Waals surface area contributed by atoms with Gasteiger partial charge in [0, 0.05) is 26.2 Å². The molecule has 2 bridgehead atoms. The average Bonchev–Trinajstić information content (AvgIpc) is 3.02. The highest BCUT2D eigenvalue weighted by Crippen LogP contribution is 2.39. The van der Waals surface area contributed by atoms with Crippen LogP contribution in [0, 0.1) is 0 Å². The number of pyridine rings is 1. The number of aryl methyl sites for hydroxylation is 1. The Kier molecular flexibility index (Phi) is 3.60. The van der Waals surface area contributed by atoms with Gasteiger partial charge in [-0.25, -0.2) is 19.6 Å². The monoisotopic (exact) mass is 356 g/mol. The molecule has 4 rings (SSSR count). The van der Waals surface area contributed by atoms with E-state index in [0.717, 1.165) is 18.7 Å². The predicted octanol–water partition coefficient (Wildman–Crippen LogP) is 0.504. The van der Waals surface area contributed by atoms with Gasteiger partial charge < -0.3 is 14.6 Å². The highest BCUT2D eigenvalue weighted by molar-refractivity contribution is 6.04. The molecule has 26 heavy (non-hydrogen) atoms. The largest absolute Gasteiger partial charge is 0.477 e. The maximum absolute atomic E-state index is 12.9. The molecule has 0 aliphatic carbocycles. The van der Waals surface area contributed by atoms with E-state index in [9.17, 15) is 19.5 Å². The zero-order valence-corrected chi connectivity index (χ0v) is 13.9. The van der Waals surface area contributed by atoms with Crippen molar-refractivity contribution in [3.05, 3.63) is 40.6 Å². The topological polar surface area (TPSA) is 121 Å². The first-order valence-corrected chi connectivity index (χ1v) is 8.06. The Morgan fingerprint density at radius 1 is 1.35 bits per heavy atom. The maximum atomic E-state index is 12.9. The van der Waals surface area contributed by atoms with Crippen molar-refractivity contribution in [2.45, 2.75) is 12.5 Å². The summed E-state index contributed by atoms with van der Waals surface area (Å²) < 4.78 is 1.29. The molecule has 134 valence electrons. The van der Waals surface area contributed by atoms with Crippen LogP contribution in [-0.2, 0) is 7.05 Å². The summed E-state index contributed by atoms with van der Waals surface area (Å²) in [5.41, 5.74) is 0.291. The number of carbonyl (C=O) groups is 2. The van der Waals surface area contributed by atoms with Crippen molar-refractivity contribution in [3.8, 4) is 0 Å². The van der Waals surface area contributed by atoms with Crippen LogP contribution in [0.15, 0.2) is 29.3 Å². The van der Waals surface area contributed by atoms with Crippen molar-refractivity contribution in [1.82, 2.24) is 14.5 Å². The van der Waals surface area contributed by atoms with Crippen molar-refractivity contribution in [2.75, 3.05) is 28.2 Å². The molecule has 1 fully saturated rings. The molecule has 0 saturated carbocycles. The highest BCUT2D eigenvalue weighted by atomic mass is 16.4. The molecular weight excluding hydrogens is 340 g/mol. The molecule has 0 radical (unpaired) electrons. The number of hydrogen-bond acceptors (Lipinski definition) is 6. The molecule has 0 spiro atoms. The second-order valence-corrected chi connectivity index (χ2v) is 6.26. The second kappa shape index (κ2) is 5.83. The number of urea groups is 1. The molecule has 2 N–H and O–H groups in total. The van der Waals surface area contributed by atoms with Crippen molar-refractivity contribution in [3.63, 3.8) is 0 Å². The van der Waals surface area contributed by atoms with Crippen LogP contribution >= 0.6 is 0 Å². The van der Waals surface area contributed by atoms with Gasteiger partial charge in [0.05, 0.1) is 18.1 Å². The zero-order chi connectivity index (χ0) is 18.4. The van der Waals surface area contributed by atoms with Crippen LogP contribution in [0.25, 0.3) is 0 Å². The van der Waals surface area contributed by atoms with E-state index in [2.05, 4.69) is 20.2 Å².